The number of hydrogen-bond acceptors (Lipinski definition) is 5. The normalized spacial score (nSPS) is 20.2. The third-order valence-electron chi connectivity index (χ3n) is 6.42. The van der Waals surface area contributed by atoms with Crippen molar-refractivity contribution in [3.63, 3.8) is 0 Å². The van der Waals surface area contributed by atoms with Gasteiger partial charge < -0.3 is 19.3 Å². The van der Waals surface area contributed by atoms with Crippen LogP contribution in [0.1, 0.15) is 36.0 Å². The SMILES string of the molecule is COCCN1CCC(CN(CC2CCCO2)C(=O)c2ccccc2-n2cccn2)CC1. The van der Waals surface area contributed by atoms with Crippen molar-refractivity contribution in [3.05, 3.63) is 48.3 Å². The van der Waals surface area contributed by atoms with Crippen molar-refractivity contribution in [1.82, 2.24) is 19.6 Å². The van der Waals surface area contributed by atoms with E-state index >= 15 is 0 Å². The van der Waals surface area contributed by atoms with E-state index in [2.05, 4.69) is 10.00 Å². The number of aromatic nitrogens is 2. The van der Waals surface area contributed by atoms with Crippen LogP contribution in [-0.4, -0.2) is 84.6 Å². The molecule has 7 nitrogen and oxygen atoms in total. The molecular formula is C24H34N4O3. The molecule has 2 aliphatic heterocycles. The van der Waals surface area contributed by atoms with Crippen LogP contribution in [0.5, 0.6) is 0 Å². The highest BCUT2D eigenvalue weighted by molar-refractivity contribution is 5.97. The van der Waals surface area contributed by atoms with Crippen LogP contribution in [0.15, 0.2) is 42.7 Å². The largest absolute Gasteiger partial charge is 0.383 e. The molecule has 1 unspecified atom stereocenters. The second kappa shape index (κ2) is 10.9. The van der Waals surface area contributed by atoms with Crippen LogP contribution in [0.3, 0.4) is 0 Å². The van der Waals surface area contributed by atoms with Crippen LogP contribution in [0.4, 0.5) is 0 Å². The van der Waals surface area contributed by atoms with E-state index in [0.29, 0.717) is 18.0 Å². The van der Waals surface area contributed by atoms with Crippen molar-refractivity contribution >= 4 is 5.91 Å². The second-order valence-corrected chi connectivity index (χ2v) is 8.59. The molecule has 0 spiro atoms. The van der Waals surface area contributed by atoms with Gasteiger partial charge in [-0.1, -0.05) is 12.1 Å². The van der Waals surface area contributed by atoms with Crippen LogP contribution in [0.2, 0.25) is 0 Å². The topological polar surface area (TPSA) is 59.8 Å². The molecule has 2 aromatic rings. The van der Waals surface area contributed by atoms with E-state index in [1.165, 1.54) is 0 Å². The van der Waals surface area contributed by atoms with E-state index in [1.54, 1.807) is 18.0 Å². The third-order valence-corrected chi connectivity index (χ3v) is 6.42. The lowest BCUT2D eigenvalue weighted by Gasteiger charge is -2.35. The fraction of sp³-hybridized carbons (Fsp3) is 0.583. The number of ether oxygens (including phenoxy) is 2. The minimum absolute atomic E-state index is 0.0726. The van der Waals surface area contributed by atoms with Crippen molar-refractivity contribution < 1.29 is 14.3 Å². The summed E-state index contributed by atoms with van der Waals surface area (Å²) in [6, 6.07) is 9.63. The Morgan fingerprint density at radius 2 is 2.03 bits per heavy atom. The number of benzene rings is 1. The van der Waals surface area contributed by atoms with E-state index in [1.807, 2.05) is 41.4 Å². The van der Waals surface area contributed by atoms with Gasteiger partial charge in [-0.2, -0.15) is 5.10 Å². The lowest BCUT2D eigenvalue weighted by atomic mass is 9.95. The maximum atomic E-state index is 13.7. The molecule has 0 N–H and O–H groups in total. The zero-order valence-corrected chi connectivity index (χ0v) is 18.5. The summed E-state index contributed by atoms with van der Waals surface area (Å²) in [5.41, 5.74) is 1.52. The quantitative estimate of drug-likeness (QED) is 0.617. The smallest absolute Gasteiger partial charge is 0.256 e. The van der Waals surface area contributed by atoms with E-state index in [0.717, 1.165) is 70.8 Å². The van der Waals surface area contributed by atoms with Gasteiger partial charge in [-0.25, -0.2) is 4.68 Å². The first-order valence-corrected chi connectivity index (χ1v) is 11.5. The van der Waals surface area contributed by atoms with E-state index in [-0.39, 0.29) is 12.0 Å². The summed E-state index contributed by atoms with van der Waals surface area (Å²) >= 11 is 0. The van der Waals surface area contributed by atoms with Gasteiger partial charge in [-0.05, 0) is 62.9 Å². The molecule has 1 aromatic heterocycles. The van der Waals surface area contributed by atoms with E-state index in [9.17, 15) is 4.79 Å². The number of para-hydroxylation sites is 1. The number of rotatable bonds is 9. The molecule has 168 valence electrons. The maximum Gasteiger partial charge on any atom is 0.256 e. The second-order valence-electron chi connectivity index (χ2n) is 8.59. The third kappa shape index (κ3) is 5.73. The zero-order valence-electron chi connectivity index (χ0n) is 18.5. The fourth-order valence-electron chi connectivity index (χ4n) is 4.64. The molecule has 0 radical (unpaired) electrons. The molecule has 0 bridgehead atoms. The van der Waals surface area contributed by atoms with Gasteiger partial charge in [-0.15, -0.1) is 0 Å². The van der Waals surface area contributed by atoms with Crippen molar-refractivity contribution in [3.8, 4) is 5.69 Å². The van der Waals surface area contributed by atoms with Gasteiger partial charge in [-0.3, -0.25) is 4.79 Å². The van der Waals surface area contributed by atoms with Gasteiger partial charge in [0, 0.05) is 45.7 Å². The molecule has 31 heavy (non-hydrogen) atoms. The fourth-order valence-corrected chi connectivity index (χ4v) is 4.64. The molecular weight excluding hydrogens is 392 g/mol. The van der Waals surface area contributed by atoms with Crippen molar-refractivity contribution in [2.75, 3.05) is 53.0 Å². The summed E-state index contributed by atoms with van der Waals surface area (Å²) in [7, 11) is 1.75. The highest BCUT2D eigenvalue weighted by Gasteiger charge is 2.29. The van der Waals surface area contributed by atoms with Crippen LogP contribution in [-0.2, 0) is 9.47 Å². The molecule has 1 atom stereocenters. The van der Waals surface area contributed by atoms with E-state index in [4.69, 9.17) is 9.47 Å². The molecule has 1 amide bonds. The molecule has 1 aromatic carbocycles. The first kappa shape index (κ1) is 22.0. The molecule has 3 heterocycles. The van der Waals surface area contributed by atoms with Crippen LogP contribution in [0, 0.1) is 5.92 Å². The highest BCUT2D eigenvalue weighted by Crippen LogP contribution is 2.23. The summed E-state index contributed by atoms with van der Waals surface area (Å²) in [4.78, 5) is 18.2. The summed E-state index contributed by atoms with van der Waals surface area (Å²) < 4.78 is 12.9. The number of nitrogens with zero attached hydrogens (tertiary/aromatic N) is 4. The Balaban J connectivity index is 1.47. The number of hydrogen-bond donors (Lipinski definition) is 0. The Labute approximate surface area is 184 Å². The first-order chi connectivity index (χ1) is 15.2. The number of carbonyl (C=O) groups is 1. The Hall–Kier alpha value is -2.22. The molecule has 2 fully saturated rings. The lowest BCUT2D eigenvalue weighted by molar-refractivity contribution is 0.0437. The number of carbonyl (C=O) groups excluding carboxylic acids is 1. The summed E-state index contributed by atoms with van der Waals surface area (Å²) in [6.45, 7) is 6.14. The Morgan fingerprint density at radius 3 is 2.74 bits per heavy atom. The van der Waals surface area contributed by atoms with Gasteiger partial charge in [0.1, 0.15) is 0 Å². The van der Waals surface area contributed by atoms with Crippen molar-refractivity contribution in [1.29, 1.82) is 0 Å². The average Bonchev–Trinajstić information content (AvgIpc) is 3.52. The van der Waals surface area contributed by atoms with Gasteiger partial charge in [0.25, 0.3) is 5.91 Å². The monoisotopic (exact) mass is 426 g/mol. The number of amides is 1. The summed E-state index contributed by atoms with van der Waals surface area (Å²) in [5, 5.41) is 4.35. The molecule has 4 rings (SSSR count). The molecule has 2 aliphatic rings. The van der Waals surface area contributed by atoms with Crippen LogP contribution in [0.25, 0.3) is 5.69 Å². The molecule has 2 saturated heterocycles. The van der Waals surface area contributed by atoms with Crippen LogP contribution >= 0.6 is 0 Å². The van der Waals surface area contributed by atoms with Gasteiger partial charge in [0.2, 0.25) is 0 Å². The highest BCUT2D eigenvalue weighted by atomic mass is 16.5. The Morgan fingerprint density at radius 1 is 1.19 bits per heavy atom. The van der Waals surface area contributed by atoms with Gasteiger partial charge in [0.15, 0.2) is 0 Å². The van der Waals surface area contributed by atoms with Gasteiger partial charge in [0.05, 0.1) is 24.0 Å². The van der Waals surface area contributed by atoms with Crippen molar-refractivity contribution in [2.24, 2.45) is 5.92 Å². The minimum atomic E-state index is 0.0726. The first-order valence-electron chi connectivity index (χ1n) is 11.5. The van der Waals surface area contributed by atoms with E-state index < -0.39 is 0 Å². The zero-order chi connectivity index (χ0) is 21.5. The van der Waals surface area contributed by atoms with Crippen molar-refractivity contribution in [2.45, 2.75) is 31.8 Å². The predicted molar refractivity (Wildman–Crippen MR) is 119 cm³/mol. The lowest BCUT2D eigenvalue weighted by Crippen LogP contribution is -2.44. The maximum absolute atomic E-state index is 13.7. The molecule has 0 aliphatic carbocycles. The summed E-state index contributed by atoms with van der Waals surface area (Å²) in [5.74, 6) is 0.587. The molecule has 7 heteroatoms. The van der Waals surface area contributed by atoms with Crippen LogP contribution < -0.4 is 0 Å². The predicted octanol–water partition coefficient (Wildman–Crippen LogP) is 2.85. The minimum Gasteiger partial charge on any atom is -0.383 e. The number of likely N-dealkylation sites (tertiary alicyclic amines) is 1. The Bertz CT molecular complexity index is 812. The Kier molecular flexibility index (Phi) is 7.72. The molecule has 0 saturated carbocycles. The standard InChI is InChI=1S/C24H34N4O3/c1-30-17-15-26-13-9-20(10-14-26)18-27(19-21-6-4-16-31-21)24(29)22-7-2-3-8-23(22)28-12-5-11-25-28/h2-3,5,7-8,11-12,20-21H,4,6,9-10,13-19H2,1H3. The number of piperidine rings is 1. The average molecular weight is 427 g/mol. The van der Waals surface area contributed by atoms with Gasteiger partial charge >= 0.3 is 0 Å². The number of methoxy groups -OCH3 is 1. The summed E-state index contributed by atoms with van der Waals surface area (Å²) in [6.07, 6.45) is 8.09.